The van der Waals surface area contributed by atoms with E-state index in [0.717, 1.165) is 37.2 Å². The first kappa shape index (κ1) is 15.2. The van der Waals surface area contributed by atoms with Crippen LogP contribution in [0.5, 0.6) is 17.2 Å². The van der Waals surface area contributed by atoms with E-state index in [2.05, 4.69) is 30.1 Å². The predicted octanol–water partition coefficient (Wildman–Crippen LogP) is 3.93. The van der Waals surface area contributed by atoms with Crippen LogP contribution >= 0.6 is 12.4 Å². The Kier molecular flexibility index (Phi) is 3.79. The van der Waals surface area contributed by atoms with Gasteiger partial charge in [0.15, 0.2) is 11.5 Å². The van der Waals surface area contributed by atoms with Crippen molar-refractivity contribution in [3.05, 3.63) is 53.6 Å². The van der Waals surface area contributed by atoms with Crippen molar-refractivity contribution in [3.63, 3.8) is 0 Å². The first-order valence-corrected chi connectivity index (χ1v) is 7.49. The number of ether oxygens (including phenoxy) is 1. The monoisotopic (exact) mass is 317 g/mol. The Morgan fingerprint density at radius 2 is 1.68 bits per heavy atom. The Morgan fingerprint density at radius 1 is 1.00 bits per heavy atom. The fourth-order valence-electron chi connectivity index (χ4n) is 3.75. The number of benzene rings is 2. The molecule has 1 fully saturated rings. The van der Waals surface area contributed by atoms with Gasteiger partial charge in [0.25, 0.3) is 0 Å². The Hall–Kier alpha value is -1.71. The van der Waals surface area contributed by atoms with Gasteiger partial charge in [-0.3, -0.25) is 0 Å². The van der Waals surface area contributed by atoms with E-state index in [-0.39, 0.29) is 23.6 Å². The molecule has 2 aliphatic rings. The molecule has 2 aromatic rings. The van der Waals surface area contributed by atoms with Crippen molar-refractivity contribution in [3.8, 4) is 17.2 Å². The van der Waals surface area contributed by atoms with E-state index in [0.29, 0.717) is 5.75 Å². The zero-order valence-electron chi connectivity index (χ0n) is 12.6. The summed E-state index contributed by atoms with van der Waals surface area (Å²) in [5.41, 5.74) is 2.36. The number of halogens is 1. The highest BCUT2D eigenvalue weighted by molar-refractivity contribution is 5.85. The van der Waals surface area contributed by atoms with Gasteiger partial charge in [0, 0.05) is 16.5 Å². The number of aromatic hydroxyl groups is 1. The van der Waals surface area contributed by atoms with Crippen LogP contribution in [-0.2, 0) is 5.41 Å². The number of phenolic OH excluding ortho intramolecular Hbond substituents is 1. The summed E-state index contributed by atoms with van der Waals surface area (Å²) in [5.74, 6) is 1.76. The van der Waals surface area contributed by atoms with Gasteiger partial charge in [-0.1, -0.05) is 30.3 Å². The van der Waals surface area contributed by atoms with Crippen LogP contribution in [0.3, 0.4) is 0 Å². The summed E-state index contributed by atoms with van der Waals surface area (Å²) in [6.45, 7) is 2.12. The number of fused-ring (bicyclic) bond motifs is 4. The van der Waals surface area contributed by atoms with Crippen LogP contribution < -0.4 is 4.74 Å². The zero-order chi connectivity index (χ0) is 14.4. The third kappa shape index (κ3) is 2.08. The molecule has 4 heteroatoms. The molecule has 0 saturated carbocycles. The molecule has 0 aromatic heterocycles. The normalized spacial score (nSPS) is 18.8. The third-order valence-corrected chi connectivity index (χ3v) is 4.97. The van der Waals surface area contributed by atoms with E-state index < -0.39 is 0 Å². The number of hydrogen-bond acceptors (Lipinski definition) is 3. The van der Waals surface area contributed by atoms with E-state index in [1.807, 2.05) is 18.2 Å². The predicted molar refractivity (Wildman–Crippen MR) is 89.4 cm³/mol. The third-order valence-electron chi connectivity index (χ3n) is 4.97. The molecule has 0 aliphatic carbocycles. The number of likely N-dealkylation sites (tertiary alicyclic amines) is 1. The highest BCUT2D eigenvalue weighted by Crippen LogP contribution is 2.55. The minimum Gasteiger partial charge on any atom is -0.504 e. The summed E-state index contributed by atoms with van der Waals surface area (Å²) >= 11 is 0. The van der Waals surface area contributed by atoms with Crippen molar-refractivity contribution in [2.45, 2.75) is 18.3 Å². The van der Waals surface area contributed by atoms with Crippen LogP contribution in [0, 0.1) is 0 Å². The average Bonchev–Trinajstić information content (AvgIpc) is 2.51. The van der Waals surface area contributed by atoms with Gasteiger partial charge in [-0.15, -0.1) is 12.4 Å². The Bertz CT molecular complexity index is 693. The lowest BCUT2D eigenvalue weighted by atomic mass is 9.66. The van der Waals surface area contributed by atoms with Crippen LogP contribution in [0.4, 0.5) is 0 Å². The number of para-hydroxylation sites is 2. The van der Waals surface area contributed by atoms with E-state index in [1.54, 1.807) is 6.07 Å². The van der Waals surface area contributed by atoms with Crippen LogP contribution in [0.25, 0.3) is 0 Å². The van der Waals surface area contributed by atoms with E-state index in [1.165, 1.54) is 5.56 Å². The lowest BCUT2D eigenvalue weighted by Crippen LogP contribution is -2.43. The van der Waals surface area contributed by atoms with Gasteiger partial charge in [0.05, 0.1) is 0 Å². The topological polar surface area (TPSA) is 32.7 Å². The van der Waals surface area contributed by atoms with Crippen molar-refractivity contribution in [2.75, 3.05) is 20.1 Å². The molecular formula is C18H20ClNO2. The zero-order valence-corrected chi connectivity index (χ0v) is 13.4. The van der Waals surface area contributed by atoms with Crippen molar-refractivity contribution in [1.82, 2.24) is 4.90 Å². The molecule has 1 saturated heterocycles. The summed E-state index contributed by atoms with van der Waals surface area (Å²) in [7, 11) is 2.17. The molecule has 116 valence electrons. The van der Waals surface area contributed by atoms with Gasteiger partial charge in [-0.05, 0) is 45.1 Å². The quantitative estimate of drug-likeness (QED) is 0.799. The van der Waals surface area contributed by atoms with Crippen molar-refractivity contribution in [1.29, 1.82) is 0 Å². The molecule has 1 N–H and O–H groups in total. The van der Waals surface area contributed by atoms with Crippen LogP contribution in [0.1, 0.15) is 24.0 Å². The summed E-state index contributed by atoms with van der Waals surface area (Å²) in [6.07, 6.45) is 2.11. The molecule has 0 amide bonds. The van der Waals surface area contributed by atoms with Gasteiger partial charge < -0.3 is 14.7 Å². The molecular weight excluding hydrogens is 298 g/mol. The molecule has 4 rings (SSSR count). The van der Waals surface area contributed by atoms with Crippen LogP contribution in [-0.4, -0.2) is 30.1 Å². The number of nitrogens with zero attached hydrogens (tertiary/aromatic N) is 1. The Morgan fingerprint density at radius 3 is 2.45 bits per heavy atom. The number of hydrogen-bond donors (Lipinski definition) is 1. The second kappa shape index (κ2) is 5.49. The van der Waals surface area contributed by atoms with Crippen molar-refractivity contribution >= 4 is 12.4 Å². The Labute approximate surface area is 136 Å². The molecule has 2 aliphatic heterocycles. The minimum atomic E-state index is -0.0323. The lowest BCUT2D eigenvalue weighted by molar-refractivity contribution is 0.201. The molecule has 0 unspecified atom stereocenters. The van der Waals surface area contributed by atoms with Gasteiger partial charge in [-0.2, -0.15) is 0 Å². The molecule has 1 spiro atoms. The maximum absolute atomic E-state index is 10.2. The molecule has 2 heterocycles. The molecule has 0 radical (unpaired) electrons. The molecule has 0 atom stereocenters. The molecule has 0 bridgehead atoms. The van der Waals surface area contributed by atoms with E-state index >= 15 is 0 Å². The fraction of sp³-hybridized carbons (Fsp3) is 0.333. The largest absolute Gasteiger partial charge is 0.504 e. The second-order valence-corrected chi connectivity index (χ2v) is 6.14. The second-order valence-electron chi connectivity index (χ2n) is 6.14. The smallest absolute Gasteiger partial charge is 0.173 e. The van der Waals surface area contributed by atoms with Crippen molar-refractivity contribution in [2.24, 2.45) is 0 Å². The van der Waals surface area contributed by atoms with E-state index in [4.69, 9.17) is 4.74 Å². The first-order valence-electron chi connectivity index (χ1n) is 7.49. The summed E-state index contributed by atoms with van der Waals surface area (Å²) in [5, 5.41) is 10.2. The minimum absolute atomic E-state index is 0. The molecule has 3 nitrogen and oxygen atoms in total. The van der Waals surface area contributed by atoms with Crippen LogP contribution in [0.15, 0.2) is 42.5 Å². The number of rotatable bonds is 0. The summed E-state index contributed by atoms with van der Waals surface area (Å²) < 4.78 is 6.00. The Balaban J connectivity index is 0.00000144. The highest BCUT2D eigenvalue weighted by Gasteiger charge is 2.44. The maximum atomic E-state index is 10.2. The van der Waals surface area contributed by atoms with Crippen molar-refractivity contribution < 1.29 is 9.84 Å². The first-order chi connectivity index (χ1) is 10.2. The standard InChI is InChI=1S/C18H19NO2.ClH/c1-19-11-9-18(10-12-19)13-5-2-3-8-16(13)21-17-14(18)6-4-7-15(17)20;/h2-8,20H,9-12H2,1H3;1H. The SMILES string of the molecule is CN1CCC2(CC1)c1ccccc1Oc1c(O)cccc12.Cl. The average molecular weight is 318 g/mol. The summed E-state index contributed by atoms with van der Waals surface area (Å²) in [6, 6.07) is 14.0. The van der Waals surface area contributed by atoms with Crippen LogP contribution in [0.2, 0.25) is 0 Å². The molecule has 2 aromatic carbocycles. The maximum Gasteiger partial charge on any atom is 0.173 e. The van der Waals surface area contributed by atoms with Gasteiger partial charge >= 0.3 is 0 Å². The van der Waals surface area contributed by atoms with E-state index in [9.17, 15) is 5.11 Å². The highest BCUT2D eigenvalue weighted by atomic mass is 35.5. The lowest BCUT2D eigenvalue weighted by Gasteiger charge is -2.45. The van der Waals surface area contributed by atoms with Gasteiger partial charge in [0.2, 0.25) is 0 Å². The molecule has 22 heavy (non-hydrogen) atoms. The number of piperidine rings is 1. The van der Waals surface area contributed by atoms with Gasteiger partial charge in [-0.25, -0.2) is 0 Å². The van der Waals surface area contributed by atoms with Gasteiger partial charge in [0.1, 0.15) is 5.75 Å². The summed E-state index contributed by atoms with van der Waals surface area (Å²) in [4.78, 5) is 2.37. The fourth-order valence-corrected chi connectivity index (χ4v) is 3.75. The number of phenols is 1.